The van der Waals surface area contributed by atoms with Crippen LogP contribution in [0.4, 0.5) is 5.82 Å². The molecule has 4 aromatic rings. The van der Waals surface area contributed by atoms with E-state index >= 15 is 0 Å². The summed E-state index contributed by atoms with van der Waals surface area (Å²) in [6.07, 6.45) is 5.37. The molecule has 3 heterocycles. The molecule has 0 spiro atoms. The van der Waals surface area contributed by atoms with Crippen molar-refractivity contribution in [3.8, 4) is 17.3 Å². The lowest BCUT2D eigenvalue weighted by atomic mass is 10.1. The highest BCUT2D eigenvalue weighted by Crippen LogP contribution is 2.33. The third-order valence-electron chi connectivity index (χ3n) is 6.51. The Morgan fingerprint density at radius 1 is 1.26 bits per heavy atom. The third kappa shape index (κ3) is 6.17. The molecule has 1 saturated heterocycles. The Hall–Kier alpha value is -4.88. The molecule has 0 aliphatic carbocycles. The van der Waals surface area contributed by atoms with E-state index in [1.165, 1.54) is 18.0 Å². The van der Waals surface area contributed by atoms with Gasteiger partial charge in [0.05, 0.1) is 23.1 Å². The number of carbonyl (C=O) groups is 2. The minimum absolute atomic E-state index is 0.0294. The van der Waals surface area contributed by atoms with Crippen LogP contribution in [0.2, 0.25) is 0 Å². The summed E-state index contributed by atoms with van der Waals surface area (Å²) in [4.78, 5) is 32.7. The number of carbonyl (C=O) groups excluding carboxylic acids is 2. The Balaban J connectivity index is 0.000000298. The summed E-state index contributed by atoms with van der Waals surface area (Å²) in [6, 6.07) is 16.7. The topological polar surface area (TPSA) is 143 Å². The number of nitriles is 1. The fraction of sp³-hybridized carbons (Fsp3) is 0.241. The van der Waals surface area contributed by atoms with Crippen molar-refractivity contribution in [2.45, 2.75) is 25.4 Å². The average Bonchev–Trinajstić information content (AvgIpc) is 3.39. The smallest absolute Gasteiger partial charge is 0.246 e. The molecule has 0 radical (unpaired) electrons. The molecular formula is C29H30N8O2. The molecule has 3 N–H and O–H groups in total. The molecule has 2 aromatic heterocycles. The minimum atomic E-state index is -0.0550. The number of piperidine rings is 1. The van der Waals surface area contributed by atoms with E-state index < -0.39 is 0 Å². The van der Waals surface area contributed by atoms with E-state index in [-0.39, 0.29) is 11.9 Å². The van der Waals surface area contributed by atoms with Crippen LogP contribution >= 0.6 is 0 Å². The number of fused-ring (bicyclic) bond motifs is 1. The van der Waals surface area contributed by atoms with Gasteiger partial charge >= 0.3 is 0 Å². The van der Waals surface area contributed by atoms with E-state index in [0.29, 0.717) is 29.1 Å². The molecule has 5 rings (SSSR count). The van der Waals surface area contributed by atoms with Gasteiger partial charge in [-0.3, -0.25) is 9.59 Å². The van der Waals surface area contributed by atoms with Gasteiger partial charge < -0.3 is 16.0 Å². The molecule has 0 saturated carbocycles. The van der Waals surface area contributed by atoms with Gasteiger partial charge in [-0.05, 0) is 43.7 Å². The molecule has 0 bridgehead atoms. The highest BCUT2D eigenvalue weighted by Gasteiger charge is 2.27. The number of aldehydes is 1. The lowest BCUT2D eigenvalue weighted by Gasteiger charge is -2.32. The zero-order valence-electron chi connectivity index (χ0n) is 21.7. The number of nitrogens with one attached hydrogen (secondary N) is 1. The molecule has 1 unspecified atom stereocenters. The van der Waals surface area contributed by atoms with Crippen molar-refractivity contribution in [3.05, 3.63) is 84.2 Å². The molecule has 39 heavy (non-hydrogen) atoms. The fourth-order valence-corrected chi connectivity index (χ4v) is 4.60. The molecule has 1 aliphatic heterocycles. The van der Waals surface area contributed by atoms with Crippen molar-refractivity contribution in [1.82, 2.24) is 30.0 Å². The first-order valence-electron chi connectivity index (χ1n) is 12.6. The number of nitrogens with two attached hydrogens (primary N) is 1. The van der Waals surface area contributed by atoms with Crippen LogP contribution < -0.4 is 11.1 Å². The molecule has 1 aliphatic rings. The first kappa shape index (κ1) is 27.2. The number of likely N-dealkylation sites (tertiary alicyclic amines) is 1. The van der Waals surface area contributed by atoms with Crippen LogP contribution in [-0.2, 0) is 11.3 Å². The molecule has 1 atom stereocenters. The maximum Gasteiger partial charge on any atom is 0.246 e. The summed E-state index contributed by atoms with van der Waals surface area (Å²) >= 11 is 0. The van der Waals surface area contributed by atoms with Crippen molar-refractivity contribution in [2.24, 2.45) is 0 Å². The predicted molar refractivity (Wildman–Crippen MR) is 150 cm³/mol. The normalized spacial score (nSPS) is 14.7. The molecule has 2 aromatic carbocycles. The van der Waals surface area contributed by atoms with Gasteiger partial charge in [-0.25, -0.2) is 14.6 Å². The van der Waals surface area contributed by atoms with Crippen LogP contribution in [0.25, 0.3) is 22.3 Å². The van der Waals surface area contributed by atoms with Crippen LogP contribution in [0.5, 0.6) is 0 Å². The Morgan fingerprint density at radius 3 is 2.74 bits per heavy atom. The number of amides is 1. The zero-order chi connectivity index (χ0) is 27.8. The number of hydrogen-bond acceptors (Lipinski definition) is 8. The van der Waals surface area contributed by atoms with Crippen molar-refractivity contribution in [2.75, 3.05) is 25.9 Å². The summed E-state index contributed by atoms with van der Waals surface area (Å²) in [5.41, 5.74) is 10.9. The average molecular weight is 523 g/mol. The van der Waals surface area contributed by atoms with Crippen molar-refractivity contribution >= 4 is 29.0 Å². The minimum Gasteiger partial charge on any atom is -0.383 e. The van der Waals surface area contributed by atoms with Crippen LogP contribution in [0, 0.1) is 11.3 Å². The van der Waals surface area contributed by atoms with Gasteiger partial charge in [-0.1, -0.05) is 43.0 Å². The zero-order valence-corrected chi connectivity index (χ0v) is 21.7. The highest BCUT2D eigenvalue weighted by molar-refractivity contribution is 5.98. The molecule has 198 valence electrons. The summed E-state index contributed by atoms with van der Waals surface area (Å²) in [5.74, 6) is 0.353. The summed E-state index contributed by atoms with van der Waals surface area (Å²) in [6.45, 7) is 5.71. The Labute approximate surface area is 226 Å². The Bertz CT molecular complexity index is 1520. The van der Waals surface area contributed by atoms with Crippen molar-refractivity contribution < 1.29 is 9.59 Å². The third-order valence-corrected chi connectivity index (χ3v) is 6.51. The van der Waals surface area contributed by atoms with Crippen molar-refractivity contribution in [1.29, 1.82) is 5.26 Å². The second-order valence-electron chi connectivity index (χ2n) is 9.12. The SMILES string of the molecule is C=CC(=O)N1CCCC(n2nc(-c3ccc(CNC)cc3)c3c(N)ncnc32)C1.N#Cc1cccc(C=O)c1. The molecule has 10 heteroatoms. The van der Waals surface area contributed by atoms with Crippen LogP contribution in [-0.4, -0.2) is 57.0 Å². The summed E-state index contributed by atoms with van der Waals surface area (Å²) in [5, 5.41) is 17.2. The van der Waals surface area contributed by atoms with Gasteiger partial charge in [-0.15, -0.1) is 0 Å². The lowest BCUT2D eigenvalue weighted by molar-refractivity contribution is -0.127. The number of nitrogen functional groups attached to an aromatic ring is 1. The van der Waals surface area contributed by atoms with E-state index in [1.807, 2.05) is 34.8 Å². The second-order valence-corrected chi connectivity index (χ2v) is 9.12. The number of rotatable bonds is 6. The van der Waals surface area contributed by atoms with E-state index in [2.05, 4.69) is 34.0 Å². The van der Waals surface area contributed by atoms with Gasteiger partial charge in [0.25, 0.3) is 0 Å². The van der Waals surface area contributed by atoms with E-state index in [4.69, 9.17) is 16.1 Å². The van der Waals surface area contributed by atoms with Gasteiger partial charge in [0, 0.05) is 30.8 Å². The lowest BCUT2D eigenvalue weighted by Crippen LogP contribution is -2.40. The Morgan fingerprint density at radius 2 is 2.05 bits per heavy atom. The number of benzene rings is 2. The van der Waals surface area contributed by atoms with E-state index in [9.17, 15) is 9.59 Å². The number of hydrogen-bond donors (Lipinski definition) is 2. The predicted octanol–water partition coefficient (Wildman–Crippen LogP) is 3.52. The van der Waals surface area contributed by atoms with Gasteiger partial charge in [-0.2, -0.15) is 10.4 Å². The number of aromatic nitrogens is 4. The first-order valence-corrected chi connectivity index (χ1v) is 12.6. The Kier molecular flexibility index (Phi) is 8.76. The fourth-order valence-electron chi connectivity index (χ4n) is 4.60. The van der Waals surface area contributed by atoms with Gasteiger partial charge in [0.15, 0.2) is 5.65 Å². The van der Waals surface area contributed by atoms with E-state index in [1.54, 1.807) is 24.3 Å². The molecule has 1 amide bonds. The van der Waals surface area contributed by atoms with Gasteiger partial charge in [0.2, 0.25) is 5.91 Å². The maximum absolute atomic E-state index is 12.1. The molecular weight excluding hydrogens is 492 g/mol. The maximum atomic E-state index is 12.1. The monoisotopic (exact) mass is 522 g/mol. The quantitative estimate of drug-likeness (QED) is 0.289. The summed E-state index contributed by atoms with van der Waals surface area (Å²) < 4.78 is 1.91. The van der Waals surface area contributed by atoms with Crippen molar-refractivity contribution in [3.63, 3.8) is 0 Å². The number of anilines is 1. The van der Waals surface area contributed by atoms with Crippen LogP contribution in [0.15, 0.2) is 67.5 Å². The first-order chi connectivity index (χ1) is 19.0. The van der Waals surface area contributed by atoms with E-state index in [0.717, 1.165) is 48.9 Å². The largest absolute Gasteiger partial charge is 0.383 e. The number of nitrogens with zero attached hydrogens (tertiary/aromatic N) is 6. The second kappa shape index (κ2) is 12.6. The molecule has 1 fully saturated rings. The van der Waals surface area contributed by atoms with Crippen LogP contribution in [0.1, 0.15) is 40.4 Å². The summed E-state index contributed by atoms with van der Waals surface area (Å²) in [7, 11) is 1.92. The van der Waals surface area contributed by atoms with Crippen LogP contribution in [0.3, 0.4) is 0 Å². The highest BCUT2D eigenvalue weighted by atomic mass is 16.2. The standard InChI is InChI=1S/C21H25N7O.C8H5NO/c1-3-17(29)27-10-4-5-16(12-27)28-21-18(20(22)24-13-25-21)19(26-28)15-8-6-14(7-9-15)11-23-2;9-5-7-2-1-3-8(4-7)6-10/h3,6-9,13,16,23H,1,4-5,10-12H2,2H3,(H2,22,24,25);1-4,6H. The molecule has 10 nitrogen and oxygen atoms in total. The van der Waals surface area contributed by atoms with Gasteiger partial charge in [0.1, 0.15) is 24.1 Å².